The zero-order valence-corrected chi connectivity index (χ0v) is 7.77. The van der Waals surface area contributed by atoms with Gasteiger partial charge >= 0.3 is 0 Å². The van der Waals surface area contributed by atoms with Crippen molar-refractivity contribution in [3.63, 3.8) is 0 Å². The molecule has 0 radical (unpaired) electrons. The number of nitro groups is 1. The van der Waals surface area contributed by atoms with Gasteiger partial charge in [0.1, 0.15) is 6.61 Å². The zero-order chi connectivity index (χ0) is 10.4. The largest absolute Gasteiger partial charge is 0.476 e. The molecule has 0 atom stereocenters. The Bertz CT molecular complexity index is 316. The van der Waals surface area contributed by atoms with E-state index in [1.165, 1.54) is 18.3 Å². The van der Waals surface area contributed by atoms with Crippen LogP contribution in [-0.4, -0.2) is 30.1 Å². The molecule has 6 nitrogen and oxygen atoms in total. The van der Waals surface area contributed by atoms with Crippen molar-refractivity contribution in [1.82, 2.24) is 10.3 Å². The summed E-state index contributed by atoms with van der Waals surface area (Å²) in [6, 6.07) is 2.63. The van der Waals surface area contributed by atoms with Crippen LogP contribution in [0.15, 0.2) is 18.3 Å². The Morgan fingerprint density at radius 1 is 1.71 bits per heavy atom. The maximum absolute atomic E-state index is 10.4. The number of hydrogen-bond donors (Lipinski definition) is 1. The summed E-state index contributed by atoms with van der Waals surface area (Å²) in [6.07, 6.45) is 1.35. The van der Waals surface area contributed by atoms with E-state index in [9.17, 15) is 10.1 Å². The fourth-order valence-corrected chi connectivity index (χ4v) is 0.849. The summed E-state index contributed by atoms with van der Waals surface area (Å²) in [5.74, 6) is 0.273. The lowest BCUT2D eigenvalue weighted by Gasteiger charge is -2.03. The molecule has 0 aromatic carbocycles. The highest BCUT2D eigenvalue weighted by Gasteiger charge is 2.06. The molecule has 1 heterocycles. The van der Waals surface area contributed by atoms with Gasteiger partial charge < -0.3 is 10.1 Å². The van der Waals surface area contributed by atoms with Gasteiger partial charge in [-0.3, -0.25) is 10.1 Å². The topological polar surface area (TPSA) is 77.3 Å². The average Bonchev–Trinajstić information content (AvgIpc) is 2.19. The summed E-state index contributed by atoms with van der Waals surface area (Å²) in [4.78, 5) is 13.8. The summed E-state index contributed by atoms with van der Waals surface area (Å²) in [5, 5.41) is 13.3. The highest BCUT2D eigenvalue weighted by atomic mass is 16.6. The van der Waals surface area contributed by atoms with Crippen LogP contribution >= 0.6 is 0 Å². The Hall–Kier alpha value is -1.69. The minimum absolute atomic E-state index is 0.0144. The summed E-state index contributed by atoms with van der Waals surface area (Å²) in [6.45, 7) is 1.11. The second kappa shape index (κ2) is 5.13. The van der Waals surface area contributed by atoms with Gasteiger partial charge in [-0.2, -0.15) is 0 Å². The smallest absolute Gasteiger partial charge is 0.276 e. The van der Waals surface area contributed by atoms with Crippen LogP contribution in [0.5, 0.6) is 5.88 Å². The van der Waals surface area contributed by atoms with Crippen molar-refractivity contribution in [2.45, 2.75) is 0 Å². The first-order chi connectivity index (χ1) is 6.74. The van der Waals surface area contributed by atoms with Crippen LogP contribution in [0.1, 0.15) is 0 Å². The number of nitrogens with one attached hydrogen (secondary N) is 1. The van der Waals surface area contributed by atoms with Gasteiger partial charge in [0.2, 0.25) is 5.88 Å². The van der Waals surface area contributed by atoms with Crippen LogP contribution in [0.4, 0.5) is 5.69 Å². The molecule has 1 aromatic heterocycles. The number of ether oxygens (including phenoxy) is 1. The third-order valence-corrected chi connectivity index (χ3v) is 1.53. The lowest BCUT2D eigenvalue weighted by molar-refractivity contribution is -0.385. The van der Waals surface area contributed by atoms with Crippen molar-refractivity contribution < 1.29 is 9.66 Å². The molecule has 0 aliphatic heterocycles. The van der Waals surface area contributed by atoms with Crippen molar-refractivity contribution in [1.29, 1.82) is 0 Å². The number of rotatable bonds is 5. The van der Waals surface area contributed by atoms with Gasteiger partial charge in [-0.05, 0) is 7.05 Å². The first kappa shape index (κ1) is 10.4. The number of pyridine rings is 1. The zero-order valence-electron chi connectivity index (χ0n) is 7.77. The fourth-order valence-electron chi connectivity index (χ4n) is 0.849. The summed E-state index contributed by atoms with van der Waals surface area (Å²) in [5.41, 5.74) is -0.0144. The predicted molar refractivity (Wildman–Crippen MR) is 50.3 cm³/mol. The van der Waals surface area contributed by atoms with Gasteiger partial charge in [0.05, 0.1) is 11.0 Å². The molecule has 1 N–H and O–H groups in total. The molecule has 0 unspecified atom stereocenters. The molecule has 0 amide bonds. The van der Waals surface area contributed by atoms with Gasteiger partial charge in [-0.1, -0.05) is 0 Å². The average molecular weight is 197 g/mol. The molecular formula is C8H11N3O3. The lowest BCUT2D eigenvalue weighted by Crippen LogP contribution is -2.16. The van der Waals surface area contributed by atoms with Crippen LogP contribution in [0.25, 0.3) is 0 Å². The molecule has 0 fully saturated rings. The first-order valence-electron chi connectivity index (χ1n) is 4.12. The minimum atomic E-state index is -0.480. The Kier molecular flexibility index (Phi) is 3.81. The number of likely N-dealkylation sites (N-methyl/N-ethyl adjacent to an activating group) is 1. The fraction of sp³-hybridized carbons (Fsp3) is 0.375. The van der Waals surface area contributed by atoms with E-state index in [2.05, 4.69) is 10.3 Å². The Morgan fingerprint density at radius 2 is 2.50 bits per heavy atom. The standard InChI is InChI=1S/C8H11N3O3/c1-9-4-5-14-8-6-7(11(12)13)2-3-10-8/h2-3,6,9H,4-5H2,1H3. The summed E-state index contributed by atoms with van der Waals surface area (Å²) in [7, 11) is 1.80. The summed E-state index contributed by atoms with van der Waals surface area (Å²) < 4.78 is 5.16. The second-order valence-corrected chi connectivity index (χ2v) is 2.56. The number of hydrogen-bond acceptors (Lipinski definition) is 5. The first-order valence-corrected chi connectivity index (χ1v) is 4.12. The number of nitrogens with zero attached hydrogens (tertiary/aromatic N) is 2. The van der Waals surface area contributed by atoms with Crippen molar-refractivity contribution in [2.24, 2.45) is 0 Å². The maximum atomic E-state index is 10.4. The Balaban J connectivity index is 2.59. The molecule has 0 aliphatic carbocycles. The van der Waals surface area contributed by atoms with Crippen LogP contribution < -0.4 is 10.1 Å². The summed E-state index contributed by atoms with van der Waals surface area (Å²) >= 11 is 0. The highest BCUT2D eigenvalue weighted by Crippen LogP contribution is 2.15. The molecule has 0 bridgehead atoms. The van der Waals surface area contributed by atoms with Gasteiger partial charge in [0.15, 0.2) is 0 Å². The molecule has 1 rings (SSSR count). The van der Waals surface area contributed by atoms with E-state index in [0.29, 0.717) is 13.2 Å². The second-order valence-electron chi connectivity index (χ2n) is 2.56. The van der Waals surface area contributed by atoms with Crippen molar-refractivity contribution in [2.75, 3.05) is 20.2 Å². The normalized spacial score (nSPS) is 9.79. The molecule has 14 heavy (non-hydrogen) atoms. The third-order valence-electron chi connectivity index (χ3n) is 1.53. The van der Waals surface area contributed by atoms with E-state index in [4.69, 9.17) is 4.74 Å². The van der Waals surface area contributed by atoms with Crippen molar-refractivity contribution in [3.8, 4) is 5.88 Å². The molecular weight excluding hydrogens is 186 g/mol. The van der Waals surface area contributed by atoms with E-state index in [1.807, 2.05) is 0 Å². The van der Waals surface area contributed by atoms with E-state index >= 15 is 0 Å². The molecule has 76 valence electrons. The SMILES string of the molecule is CNCCOc1cc([N+](=O)[O-])ccn1. The molecule has 0 aliphatic rings. The van der Waals surface area contributed by atoms with Gasteiger partial charge in [0, 0.05) is 18.8 Å². The Labute approximate surface area is 81.1 Å². The van der Waals surface area contributed by atoms with Gasteiger partial charge in [-0.25, -0.2) is 4.98 Å². The quantitative estimate of drug-likeness (QED) is 0.424. The maximum Gasteiger partial charge on any atom is 0.276 e. The predicted octanol–water partition coefficient (Wildman–Crippen LogP) is 0.588. The Morgan fingerprint density at radius 3 is 3.14 bits per heavy atom. The number of aromatic nitrogens is 1. The van der Waals surface area contributed by atoms with Crippen LogP contribution in [-0.2, 0) is 0 Å². The van der Waals surface area contributed by atoms with Crippen molar-refractivity contribution >= 4 is 5.69 Å². The van der Waals surface area contributed by atoms with Crippen molar-refractivity contribution in [3.05, 3.63) is 28.4 Å². The van der Waals surface area contributed by atoms with E-state index in [-0.39, 0.29) is 11.6 Å². The molecule has 1 aromatic rings. The van der Waals surface area contributed by atoms with E-state index < -0.39 is 4.92 Å². The van der Waals surface area contributed by atoms with Crippen LogP contribution in [0.2, 0.25) is 0 Å². The molecule has 0 saturated heterocycles. The lowest BCUT2D eigenvalue weighted by atomic mass is 10.4. The molecule has 6 heteroatoms. The highest BCUT2D eigenvalue weighted by molar-refractivity contribution is 5.32. The third kappa shape index (κ3) is 2.98. The minimum Gasteiger partial charge on any atom is -0.476 e. The van der Waals surface area contributed by atoms with Gasteiger partial charge in [0.25, 0.3) is 5.69 Å². The van der Waals surface area contributed by atoms with Gasteiger partial charge in [-0.15, -0.1) is 0 Å². The monoisotopic (exact) mass is 197 g/mol. The van der Waals surface area contributed by atoms with E-state index in [0.717, 1.165) is 0 Å². The molecule has 0 spiro atoms. The van der Waals surface area contributed by atoms with E-state index in [1.54, 1.807) is 7.05 Å². The van der Waals surface area contributed by atoms with Crippen LogP contribution in [0, 0.1) is 10.1 Å². The molecule has 0 saturated carbocycles. The van der Waals surface area contributed by atoms with Crippen LogP contribution in [0.3, 0.4) is 0 Å².